The van der Waals surface area contributed by atoms with Crippen LogP contribution in [-0.4, -0.2) is 65.1 Å². The highest BCUT2D eigenvalue weighted by molar-refractivity contribution is 6.29. The number of rotatable bonds is 3. The van der Waals surface area contributed by atoms with Crippen molar-refractivity contribution in [1.29, 1.82) is 0 Å². The first-order chi connectivity index (χ1) is 11.5. The summed E-state index contributed by atoms with van der Waals surface area (Å²) in [6.45, 7) is 3.27. The molecule has 2 N–H and O–H groups in total. The summed E-state index contributed by atoms with van der Waals surface area (Å²) in [5.74, 6) is 0.562. The predicted octanol–water partition coefficient (Wildman–Crippen LogP) is 0.627. The van der Waals surface area contributed by atoms with Crippen LogP contribution < -0.4 is 15.5 Å². The van der Waals surface area contributed by atoms with Gasteiger partial charge in [0.25, 0.3) is 0 Å². The number of aromatic nitrogens is 2. The summed E-state index contributed by atoms with van der Waals surface area (Å²) in [7, 11) is 1.67. The van der Waals surface area contributed by atoms with Gasteiger partial charge in [-0.1, -0.05) is 11.6 Å². The second-order valence-electron chi connectivity index (χ2n) is 6.27. The van der Waals surface area contributed by atoms with Crippen LogP contribution in [0, 0.1) is 0 Å². The molecule has 2 saturated heterocycles. The van der Waals surface area contributed by atoms with Gasteiger partial charge in [-0.25, -0.2) is 9.78 Å². The van der Waals surface area contributed by atoms with Gasteiger partial charge in [0.2, 0.25) is 5.91 Å². The third kappa shape index (κ3) is 3.38. The first-order valence-electron chi connectivity index (χ1n) is 8.02. The van der Waals surface area contributed by atoms with E-state index in [1.54, 1.807) is 13.2 Å². The lowest BCUT2D eigenvalue weighted by molar-refractivity contribution is -0.123. The van der Waals surface area contributed by atoms with E-state index in [4.69, 9.17) is 11.6 Å². The van der Waals surface area contributed by atoms with Gasteiger partial charge in [-0.05, 0) is 19.8 Å². The molecule has 0 aliphatic carbocycles. The van der Waals surface area contributed by atoms with E-state index in [1.165, 1.54) is 11.1 Å². The monoisotopic (exact) mass is 352 g/mol. The second kappa shape index (κ2) is 6.80. The summed E-state index contributed by atoms with van der Waals surface area (Å²) >= 11 is 5.93. The Hall–Kier alpha value is -2.09. The average molecular weight is 353 g/mol. The number of hydrogen-bond donors (Lipinski definition) is 2. The third-order valence-electron chi connectivity index (χ3n) is 4.62. The lowest BCUT2D eigenvalue weighted by Crippen LogP contribution is -2.57. The van der Waals surface area contributed by atoms with Gasteiger partial charge in [0.05, 0.1) is 18.9 Å². The second-order valence-corrected chi connectivity index (χ2v) is 6.66. The van der Waals surface area contributed by atoms with Crippen LogP contribution in [0.15, 0.2) is 12.4 Å². The minimum Gasteiger partial charge on any atom is -0.351 e. The van der Waals surface area contributed by atoms with E-state index in [2.05, 4.69) is 25.5 Å². The van der Waals surface area contributed by atoms with E-state index in [-0.39, 0.29) is 24.0 Å². The fourth-order valence-electron chi connectivity index (χ4n) is 3.22. The maximum absolute atomic E-state index is 12.4. The Bertz CT molecular complexity index is 642. The summed E-state index contributed by atoms with van der Waals surface area (Å²) in [5.41, 5.74) is 0. The minimum atomic E-state index is -0.504. The van der Waals surface area contributed by atoms with Crippen LogP contribution in [-0.2, 0) is 4.79 Å². The quantitative estimate of drug-likeness (QED) is 0.832. The zero-order chi connectivity index (χ0) is 17.3. The Morgan fingerprint density at radius 2 is 2.25 bits per heavy atom. The number of carbonyl (C=O) groups is 2. The molecule has 9 heteroatoms. The highest BCUT2D eigenvalue weighted by Crippen LogP contribution is 2.24. The average Bonchev–Trinajstić information content (AvgIpc) is 2.89. The van der Waals surface area contributed by atoms with Gasteiger partial charge in [-0.2, -0.15) is 0 Å². The largest absolute Gasteiger partial charge is 0.351 e. The molecule has 0 bridgehead atoms. The molecule has 0 radical (unpaired) electrons. The Morgan fingerprint density at radius 1 is 1.46 bits per heavy atom. The fraction of sp³-hybridized carbons (Fsp3) is 0.600. The Labute approximate surface area is 145 Å². The fourth-order valence-corrected chi connectivity index (χ4v) is 3.37. The SMILES string of the molecule is CC1C(NC(=O)C2CN(C)C(=O)N2)CCCN1c1cncc(Cl)n1. The molecule has 24 heavy (non-hydrogen) atoms. The van der Waals surface area contributed by atoms with Gasteiger partial charge in [0, 0.05) is 25.7 Å². The standard InChI is InChI=1S/C15H21ClN6O2/c1-9-10(18-14(23)11-8-21(2)15(24)19-11)4-3-5-22(9)13-7-17-6-12(16)20-13/h6-7,9-11H,3-5,8H2,1-2H3,(H,18,23)(H,19,24). The number of likely N-dealkylation sites (N-methyl/N-ethyl adjacent to an activating group) is 1. The molecule has 3 unspecified atom stereocenters. The maximum atomic E-state index is 12.4. The number of anilines is 1. The van der Waals surface area contributed by atoms with E-state index < -0.39 is 6.04 Å². The van der Waals surface area contributed by atoms with Crippen LogP contribution in [0.5, 0.6) is 0 Å². The molecule has 3 atom stereocenters. The van der Waals surface area contributed by atoms with Gasteiger partial charge < -0.3 is 20.4 Å². The normalized spacial score (nSPS) is 27.1. The van der Waals surface area contributed by atoms with Crippen LogP contribution in [0.25, 0.3) is 0 Å². The molecule has 2 fully saturated rings. The number of urea groups is 1. The highest BCUT2D eigenvalue weighted by atomic mass is 35.5. The molecule has 0 spiro atoms. The molecular formula is C15H21ClN6O2. The van der Waals surface area contributed by atoms with Crippen molar-refractivity contribution in [2.24, 2.45) is 0 Å². The summed E-state index contributed by atoms with van der Waals surface area (Å²) in [6.07, 6.45) is 4.99. The summed E-state index contributed by atoms with van der Waals surface area (Å²) in [6, 6.07) is -0.682. The first-order valence-corrected chi connectivity index (χ1v) is 8.39. The van der Waals surface area contributed by atoms with E-state index >= 15 is 0 Å². The third-order valence-corrected chi connectivity index (χ3v) is 4.80. The molecule has 8 nitrogen and oxygen atoms in total. The van der Waals surface area contributed by atoms with Crippen LogP contribution in [0.3, 0.4) is 0 Å². The number of nitrogens with one attached hydrogen (secondary N) is 2. The van der Waals surface area contributed by atoms with Crippen LogP contribution in [0.4, 0.5) is 10.6 Å². The highest BCUT2D eigenvalue weighted by Gasteiger charge is 2.35. The number of amides is 3. The topological polar surface area (TPSA) is 90.5 Å². The van der Waals surface area contributed by atoms with Crippen molar-refractivity contribution in [3.05, 3.63) is 17.5 Å². The molecule has 1 aromatic rings. The molecule has 1 aromatic heterocycles. The van der Waals surface area contributed by atoms with Gasteiger partial charge in [0.15, 0.2) is 0 Å². The zero-order valence-electron chi connectivity index (χ0n) is 13.7. The van der Waals surface area contributed by atoms with Crippen molar-refractivity contribution >= 4 is 29.4 Å². The predicted molar refractivity (Wildman–Crippen MR) is 90.0 cm³/mol. The molecular weight excluding hydrogens is 332 g/mol. The van der Waals surface area contributed by atoms with Crippen molar-refractivity contribution in [2.75, 3.05) is 25.0 Å². The molecule has 3 heterocycles. The summed E-state index contributed by atoms with van der Waals surface area (Å²) in [4.78, 5) is 35.9. The van der Waals surface area contributed by atoms with Crippen molar-refractivity contribution in [1.82, 2.24) is 25.5 Å². The van der Waals surface area contributed by atoms with Gasteiger partial charge in [-0.3, -0.25) is 9.78 Å². The Balaban J connectivity index is 1.66. The maximum Gasteiger partial charge on any atom is 0.317 e. The van der Waals surface area contributed by atoms with Crippen molar-refractivity contribution in [3.63, 3.8) is 0 Å². The van der Waals surface area contributed by atoms with Gasteiger partial charge in [0.1, 0.15) is 17.0 Å². The molecule has 130 valence electrons. The van der Waals surface area contributed by atoms with E-state index in [9.17, 15) is 9.59 Å². The molecule has 3 rings (SSSR count). The summed E-state index contributed by atoms with van der Waals surface area (Å²) in [5, 5.41) is 6.09. The molecule has 3 amide bonds. The molecule has 0 saturated carbocycles. The van der Waals surface area contributed by atoms with Crippen LogP contribution >= 0.6 is 11.6 Å². The number of hydrogen-bond acceptors (Lipinski definition) is 5. The van der Waals surface area contributed by atoms with E-state index in [0.717, 1.165) is 19.4 Å². The first kappa shape index (κ1) is 16.8. The lowest BCUT2D eigenvalue weighted by Gasteiger charge is -2.40. The number of nitrogens with zero attached hydrogens (tertiary/aromatic N) is 4. The van der Waals surface area contributed by atoms with Crippen LogP contribution in [0.2, 0.25) is 5.15 Å². The van der Waals surface area contributed by atoms with Crippen molar-refractivity contribution in [2.45, 2.75) is 37.9 Å². The van der Waals surface area contributed by atoms with Gasteiger partial charge in [-0.15, -0.1) is 0 Å². The van der Waals surface area contributed by atoms with E-state index in [1.807, 2.05) is 6.92 Å². The number of piperidine rings is 1. The smallest absolute Gasteiger partial charge is 0.317 e. The van der Waals surface area contributed by atoms with Crippen molar-refractivity contribution < 1.29 is 9.59 Å². The van der Waals surface area contributed by atoms with Crippen LogP contribution in [0.1, 0.15) is 19.8 Å². The lowest BCUT2D eigenvalue weighted by atomic mass is 9.97. The number of halogens is 1. The molecule has 2 aliphatic heterocycles. The zero-order valence-corrected chi connectivity index (χ0v) is 14.5. The Morgan fingerprint density at radius 3 is 2.92 bits per heavy atom. The minimum absolute atomic E-state index is 0.0187. The Kier molecular flexibility index (Phi) is 4.75. The molecule has 0 aromatic carbocycles. The molecule has 2 aliphatic rings. The van der Waals surface area contributed by atoms with E-state index in [0.29, 0.717) is 17.5 Å². The van der Waals surface area contributed by atoms with Gasteiger partial charge >= 0.3 is 6.03 Å². The number of carbonyl (C=O) groups excluding carboxylic acids is 2. The van der Waals surface area contributed by atoms with Crippen molar-refractivity contribution in [3.8, 4) is 0 Å². The summed E-state index contributed by atoms with van der Waals surface area (Å²) < 4.78 is 0.